The van der Waals surface area contributed by atoms with Gasteiger partial charge in [-0.2, -0.15) is 0 Å². The highest BCUT2D eigenvalue weighted by molar-refractivity contribution is 14.1. The number of benzene rings is 2. The van der Waals surface area contributed by atoms with Gasteiger partial charge in [-0.05, 0) is 29.8 Å². The number of aromatic nitrogens is 2. The zero-order chi connectivity index (χ0) is 22.1. The number of aromatic amines is 1. The summed E-state index contributed by atoms with van der Waals surface area (Å²) in [5, 5.41) is 0.364. The number of H-pyrrole nitrogens is 1. The monoisotopic (exact) mass is 536 g/mol. The van der Waals surface area contributed by atoms with Gasteiger partial charge in [-0.15, -0.1) is 0 Å². The molecular formula is C21H18FIN4O4. The van der Waals surface area contributed by atoms with E-state index in [0.717, 1.165) is 0 Å². The second-order valence-electron chi connectivity index (χ2n) is 7.21. The van der Waals surface area contributed by atoms with Gasteiger partial charge in [0, 0.05) is 48.8 Å². The largest absolute Gasteiger partial charge is 0.335 e. The predicted octanol–water partition coefficient (Wildman–Crippen LogP) is 2.19. The molecule has 0 bridgehead atoms. The molecule has 2 heterocycles. The van der Waals surface area contributed by atoms with Crippen LogP contribution in [0.3, 0.4) is 0 Å². The first kappa shape index (κ1) is 21.2. The van der Waals surface area contributed by atoms with Crippen LogP contribution < -0.4 is 11.2 Å². The van der Waals surface area contributed by atoms with Crippen LogP contribution in [0.15, 0.2) is 52.1 Å². The summed E-state index contributed by atoms with van der Waals surface area (Å²) in [5.41, 5.74) is -0.150. The molecule has 1 saturated heterocycles. The molecule has 10 heteroatoms. The lowest BCUT2D eigenvalue weighted by Gasteiger charge is -2.33. The number of hydrogen-bond donors (Lipinski definition) is 1. The van der Waals surface area contributed by atoms with Crippen LogP contribution >= 0.6 is 22.6 Å². The number of carbonyl (C=O) groups is 2. The Morgan fingerprint density at radius 1 is 1.00 bits per heavy atom. The Morgan fingerprint density at radius 3 is 2.39 bits per heavy atom. The van der Waals surface area contributed by atoms with Crippen LogP contribution in [0.1, 0.15) is 15.9 Å². The molecular weight excluding hydrogens is 518 g/mol. The van der Waals surface area contributed by atoms with E-state index in [9.17, 15) is 23.6 Å². The second kappa shape index (κ2) is 8.61. The number of fused-ring (bicyclic) bond motifs is 1. The summed E-state index contributed by atoms with van der Waals surface area (Å²) in [6.07, 6.45) is 0. The highest BCUT2D eigenvalue weighted by atomic mass is 127. The minimum Gasteiger partial charge on any atom is -0.335 e. The van der Waals surface area contributed by atoms with Crippen LogP contribution in [0.25, 0.3) is 10.9 Å². The number of nitrogens with zero attached hydrogens (tertiary/aromatic N) is 3. The smallest absolute Gasteiger partial charge is 0.329 e. The highest BCUT2D eigenvalue weighted by Crippen LogP contribution is 2.17. The maximum absolute atomic E-state index is 14.5. The molecule has 31 heavy (non-hydrogen) atoms. The SMILES string of the molecule is O=C(I)N1CCN(C(=O)c2cc(Cn3c(=O)[nH]c(=O)c4ccccc43)ccc2F)CC1. The fraction of sp³-hybridized carbons (Fsp3) is 0.238. The normalized spacial score (nSPS) is 14.1. The van der Waals surface area contributed by atoms with Crippen molar-refractivity contribution in [2.75, 3.05) is 26.2 Å². The molecule has 0 aliphatic carbocycles. The van der Waals surface area contributed by atoms with E-state index in [2.05, 4.69) is 4.98 Å². The molecule has 1 fully saturated rings. The van der Waals surface area contributed by atoms with E-state index in [-0.39, 0.29) is 16.0 Å². The quantitative estimate of drug-likeness (QED) is 0.316. The molecule has 1 aliphatic heterocycles. The van der Waals surface area contributed by atoms with E-state index in [0.29, 0.717) is 42.6 Å². The number of rotatable bonds is 3. The average Bonchev–Trinajstić information content (AvgIpc) is 2.77. The molecule has 0 radical (unpaired) electrons. The van der Waals surface area contributed by atoms with Crippen LogP contribution in [0.2, 0.25) is 0 Å². The van der Waals surface area contributed by atoms with Crippen molar-refractivity contribution in [2.45, 2.75) is 6.54 Å². The number of amides is 2. The molecule has 2 amide bonds. The van der Waals surface area contributed by atoms with Crippen molar-refractivity contribution < 1.29 is 14.0 Å². The third kappa shape index (κ3) is 4.24. The first-order valence-electron chi connectivity index (χ1n) is 9.59. The van der Waals surface area contributed by atoms with Crippen molar-refractivity contribution in [1.29, 1.82) is 0 Å². The summed E-state index contributed by atoms with van der Waals surface area (Å²) in [4.78, 5) is 54.2. The van der Waals surface area contributed by atoms with Crippen molar-refractivity contribution >= 4 is 43.3 Å². The molecule has 0 saturated carbocycles. The van der Waals surface area contributed by atoms with Gasteiger partial charge in [0.05, 0.1) is 23.0 Å². The Balaban J connectivity index is 1.63. The van der Waals surface area contributed by atoms with Crippen molar-refractivity contribution in [3.63, 3.8) is 0 Å². The van der Waals surface area contributed by atoms with Gasteiger partial charge in [0.25, 0.3) is 15.4 Å². The molecule has 1 N–H and O–H groups in total. The molecule has 8 nitrogen and oxygen atoms in total. The van der Waals surface area contributed by atoms with E-state index in [4.69, 9.17) is 0 Å². The van der Waals surface area contributed by atoms with E-state index < -0.39 is 23.0 Å². The topological polar surface area (TPSA) is 95.5 Å². The lowest BCUT2D eigenvalue weighted by atomic mass is 10.1. The Hall–Kier alpha value is -3.02. The second-order valence-corrected chi connectivity index (χ2v) is 8.13. The molecule has 4 rings (SSSR count). The number of nitrogens with one attached hydrogen (secondary N) is 1. The molecule has 0 spiro atoms. The maximum Gasteiger partial charge on any atom is 0.329 e. The fourth-order valence-electron chi connectivity index (χ4n) is 3.67. The van der Waals surface area contributed by atoms with Crippen LogP contribution in [-0.4, -0.2) is 55.4 Å². The lowest BCUT2D eigenvalue weighted by molar-refractivity contribution is 0.0673. The molecule has 3 aromatic rings. The van der Waals surface area contributed by atoms with Crippen molar-refractivity contribution in [1.82, 2.24) is 19.4 Å². The Bertz CT molecular complexity index is 1290. The molecule has 160 valence electrons. The van der Waals surface area contributed by atoms with Crippen molar-refractivity contribution in [2.24, 2.45) is 0 Å². The number of piperazine rings is 1. The molecule has 1 aromatic heterocycles. The van der Waals surface area contributed by atoms with Gasteiger partial charge in [0.15, 0.2) is 0 Å². The Morgan fingerprint density at radius 2 is 1.68 bits per heavy atom. The van der Waals surface area contributed by atoms with E-state index in [1.54, 1.807) is 51.8 Å². The lowest BCUT2D eigenvalue weighted by Crippen LogP contribution is -2.49. The summed E-state index contributed by atoms with van der Waals surface area (Å²) >= 11 is 1.70. The first-order chi connectivity index (χ1) is 14.8. The Labute approximate surface area is 189 Å². The van der Waals surface area contributed by atoms with Gasteiger partial charge in [-0.1, -0.05) is 18.2 Å². The van der Waals surface area contributed by atoms with Gasteiger partial charge in [0.1, 0.15) is 5.82 Å². The van der Waals surface area contributed by atoms with E-state index in [1.165, 1.54) is 27.7 Å². The summed E-state index contributed by atoms with van der Waals surface area (Å²) < 4.78 is 15.8. The van der Waals surface area contributed by atoms with Crippen LogP contribution in [-0.2, 0) is 6.54 Å². The van der Waals surface area contributed by atoms with Gasteiger partial charge in [-0.3, -0.25) is 23.9 Å². The minimum absolute atomic E-state index is 0.0633. The highest BCUT2D eigenvalue weighted by Gasteiger charge is 2.25. The summed E-state index contributed by atoms with van der Waals surface area (Å²) in [5.74, 6) is -1.11. The molecule has 1 aliphatic rings. The maximum atomic E-state index is 14.5. The fourth-order valence-corrected chi connectivity index (χ4v) is 4.15. The number of hydrogen-bond acceptors (Lipinski definition) is 4. The summed E-state index contributed by atoms with van der Waals surface area (Å²) in [7, 11) is 0. The van der Waals surface area contributed by atoms with Crippen molar-refractivity contribution in [3.8, 4) is 0 Å². The van der Waals surface area contributed by atoms with Crippen LogP contribution in [0, 0.1) is 5.82 Å². The first-order valence-corrected chi connectivity index (χ1v) is 10.7. The third-order valence-corrected chi connectivity index (χ3v) is 6.00. The zero-order valence-corrected chi connectivity index (χ0v) is 18.5. The molecule has 0 atom stereocenters. The standard InChI is InChI=1S/C21H18FIN4O4/c22-16-6-5-13(11-15(16)19(29)25-7-9-26(10-8-25)20(23)30)12-27-17-4-2-1-3-14(17)18(28)24-21(27)31/h1-6,11H,7-10,12H2,(H,24,28,31). The number of carbonyl (C=O) groups excluding carboxylic acids is 2. The molecule has 0 unspecified atom stereocenters. The summed E-state index contributed by atoms with van der Waals surface area (Å²) in [6.45, 7) is 1.50. The predicted molar refractivity (Wildman–Crippen MR) is 121 cm³/mol. The van der Waals surface area contributed by atoms with Gasteiger partial charge >= 0.3 is 5.69 Å². The third-order valence-electron chi connectivity index (χ3n) is 5.32. The Kier molecular flexibility index (Phi) is 5.90. The van der Waals surface area contributed by atoms with Crippen LogP contribution in [0.5, 0.6) is 0 Å². The zero-order valence-electron chi connectivity index (χ0n) is 16.3. The van der Waals surface area contributed by atoms with Gasteiger partial charge < -0.3 is 9.80 Å². The minimum atomic E-state index is -0.653. The van der Waals surface area contributed by atoms with Crippen LogP contribution in [0.4, 0.5) is 9.18 Å². The average molecular weight is 536 g/mol. The molecule has 2 aromatic carbocycles. The summed E-state index contributed by atoms with van der Waals surface area (Å²) in [6, 6.07) is 10.8. The van der Waals surface area contributed by atoms with E-state index >= 15 is 0 Å². The van der Waals surface area contributed by atoms with Gasteiger partial charge in [0.2, 0.25) is 0 Å². The van der Waals surface area contributed by atoms with E-state index in [1.807, 2.05) is 0 Å². The number of halogens is 2. The number of para-hydroxylation sites is 1. The van der Waals surface area contributed by atoms with Crippen molar-refractivity contribution in [3.05, 3.63) is 80.2 Å². The van der Waals surface area contributed by atoms with Gasteiger partial charge in [-0.25, -0.2) is 9.18 Å².